The number of piperidine rings is 1. The van der Waals surface area contributed by atoms with E-state index in [1.807, 2.05) is 39.0 Å². The predicted molar refractivity (Wildman–Crippen MR) is 98.0 cm³/mol. The number of carbonyl (C=O) groups is 1. The molecule has 1 aliphatic carbocycles. The van der Waals surface area contributed by atoms with Crippen LogP contribution in [0, 0.1) is 5.41 Å². The molecule has 3 aliphatic rings. The molecule has 0 bridgehead atoms. The molecule has 136 valence electrons. The van der Waals surface area contributed by atoms with Gasteiger partial charge in [0.05, 0.1) is 6.61 Å². The second-order valence-corrected chi connectivity index (χ2v) is 8.21. The molecule has 2 heterocycles. The molecule has 2 saturated heterocycles. The van der Waals surface area contributed by atoms with Crippen LogP contribution in [0.15, 0.2) is 41.4 Å². The average molecular weight is 343 g/mol. The summed E-state index contributed by atoms with van der Waals surface area (Å²) in [4.78, 5) is 14.3. The zero-order valence-corrected chi connectivity index (χ0v) is 15.6. The summed E-state index contributed by atoms with van der Waals surface area (Å²) in [5.74, 6) is 0.919. The lowest BCUT2D eigenvalue weighted by atomic mass is 9.73. The van der Waals surface area contributed by atoms with E-state index in [4.69, 9.17) is 9.47 Å². The van der Waals surface area contributed by atoms with Gasteiger partial charge in [0, 0.05) is 17.4 Å². The number of esters is 1. The van der Waals surface area contributed by atoms with Crippen molar-refractivity contribution in [1.29, 1.82) is 0 Å². The molecule has 25 heavy (non-hydrogen) atoms. The van der Waals surface area contributed by atoms with Crippen LogP contribution in [0.2, 0.25) is 0 Å². The minimum Gasteiger partial charge on any atom is -0.492 e. The quantitative estimate of drug-likeness (QED) is 0.575. The Hall–Kier alpha value is -1.77. The molecule has 0 unspecified atom stereocenters. The smallest absolute Gasteiger partial charge is 0.306 e. The molecule has 0 atom stereocenters. The number of fused-ring (bicyclic) bond motifs is 2. The van der Waals surface area contributed by atoms with Gasteiger partial charge >= 0.3 is 5.97 Å². The van der Waals surface area contributed by atoms with Gasteiger partial charge in [-0.2, -0.15) is 0 Å². The topological polar surface area (TPSA) is 38.8 Å². The second kappa shape index (κ2) is 7.23. The number of carbonyl (C=O) groups excluding carboxylic acids is 1. The first-order valence-corrected chi connectivity index (χ1v) is 9.29. The zero-order valence-electron chi connectivity index (χ0n) is 15.6. The fraction of sp³-hybridized carbons (Fsp3) is 0.619. The Kier molecular flexibility index (Phi) is 5.21. The SMILES string of the molecule is CC(C)(C)OC(=O)CCCN1CCC2(CC1)COC1=CC=C=CC=C12. The van der Waals surface area contributed by atoms with Crippen LogP contribution in [0.5, 0.6) is 0 Å². The first kappa shape index (κ1) is 18.0. The number of nitrogens with zero attached hydrogens (tertiary/aromatic N) is 1. The third-order valence-electron chi connectivity index (χ3n) is 5.11. The highest BCUT2D eigenvalue weighted by Gasteiger charge is 2.44. The van der Waals surface area contributed by atoms with E-state index in [0.717, 1.165) is 51.3 Å². The summed E-state index contributed by atoms with van der Waals surface area (Å²) in [6, 6.07) is 0. The van der Waals surface area contributed by atoms with Gasteiger partial charge in [-0.05, 0) is 84.0 Å². The van der Waals surface area contributed by atoms with E-state index in [0.29, 0.717) is 6.42 Å². The highest BCUT2D eigenvalue weighted by molar-refractivity contribution is 5.69. The molecular weight excluding hydrogens is 314 g/mol. The normalized spacial score (nSPS) is 22.0. The van der Waals surface area contributed by atoms with E-state index >= 15 is 0 Å². The third kappa shape index (κ3) is 4.45. The van der Waals surface area contributed by atoms with E-state index < -0.39 is 5.60 Å². The van der Waals surface area contributed by atoms with Crippen molar-refractivity contribution < 1.29 is 14.3 Å². The summed E-state index contributed by atoms with van der Waals surface area (Å²) < 4.78 is 11.3. The van der Waals surface area contributed by atoms with Crippen molar-refractivity contribution in [3.63, 3.8) is 0 Å². The van der Waals surface area contributed by atoms with Gasteiger partial charge in [-0.1, -0.05) is 0 Å². The molecule has 0 N–H and O–H groups in total. The molecule has 0 saturated carbocycles. The number of allylic oxidation sites excluding steroid dienone is 4. The van der Waals surface area contributed by atoms with Gasteiger partial charge in [-0.3, -0.25) is 4.79 Å². The third-order valence-corrected chi connectivity index (χ3v) is 5.11. The molecule has 1 spiro atoms. The minimum absolute atomic E-state index is 0.0946. The first-order valence-electron chi connectivity index (χ1n) is 9.29. The zero-order chi connectivity index (χ0) is 17.9. The van der Waals surface area contributed by atoms with E-state index in [1.165, 1.54) is 5.57 Å². The fourth-order valence-electron chi connectivity index (χ4n) is 3.80. The molecule has 4 nitrogen and oxygen atoms in total. The highest BCUT2D eigenvalue weighted by atomic mass is 16.6. The van der Waals surface area contributed by atoms with E-state index in [1.54, 1.807) is 0 Å². The average Bonchev–Trinajstić information content (AvgIpc) is 2.72. The van der Waals surface area contributed by atoms with Gasteiger partial charge in [0.2, 0.25) is 0 Å². The van der Waals surface area contributed by atoms with Crippen LogP contribution in [0.4, 0.5) is 0 Å². The molecular formula is C21H29NO3. The number of hydrogen-bond donors (Lipinski definition) is 0. The maximum Gasteiger partial charge on any atom is 0.306 e. The highest BCUT2D eigenvalue weighted by Crippen LogP contribution is 2.48. The van der Waals surface area contributed by atoms with Gasteiger partial charge < -0.3 is 14.4 Å². The lowest BCUT2D eigenvalue weighted by molar-refractivity contribution is -0.155. The van der Waals surface area contributed by atoms with Crippen molar-refractivity contribution in [2.75, 3.05) is 26.2 Å². The van der Waals surface area contributed by atoms with Crippen molar-refractivity contribution >= 4 is 5.97 Å². The van der Waals surface area contributed by atoms with Crippen LogP contribution in [0.25, 0.3) is 0 Å². The van der Waals surface area contributed by atoms with Crippen LogP contribution < -0.4 is 0 Å². The van der Waals surface area contributed by atoms with Crippen molar-refractivity contribution in [3.05, 3.63) is 41.4 Å². The largest absolute Gasteiger partial charge is 0.492 e. The molecule has 2 fully saturated rings. The molecule has 0 aromatic carbocycles. The Balaban J connectivity index is 1.46. The standard InChI is InChI=1S/C21H29NO3/c1-20(2,3)25-19(23)10-7-13-22-14-11-21(12-15-22)16-24-18-9-6-4-5-8-17(18)21/h5-6,8-9H,7,10-16H2,1-3H3. The predicted octanol–water partition coefficient (Wildman–Crippen LogP) is 3.76. The fourth-order valence-corrected chi connectivity index (χ4v) is 3.80. The number of hydrogen-bond acceptors (Lipinski definition) is 4. The molecule has 0 aromatic heterocycles. The Morgan fingerprint density at radius 3 is 2.72 bits per heavy atom. The minimum atomic E-state index is -0.391. The molecule has 2 aliphatic heterocycles. The molecule has 0 amide bonds. The maximum atomic E-state index is 11.8. The summed E-state index contributed by atoms with van der Waals surface area (Å²) >= 11 is 0. The van der Waals surface area contributed by atoms with Gasteiger partial charge in [0.25, 0.3) is 0 Å². The van der Waals surface area contributed by atoms with Crippen molar-refractivity contribution in [2.45, 2.75) is 52.1 Å². The second-order valence-electron chi connectivity index (χ2n) is 8.21. The molecule has 3 rings (SSSR count). The summed E-state index contributed by atoms with van der Waals surface area (Å²) in [5, 5.41) is 0. The van der Waals surface area contributed by atoms with Crippen molar-refractivity contribution in [2.24, 2.45) is 5.41 Å². The van der Waals surface area contributed by atoms with Gasteiger partial charge in [-0.25, -0.2) is 0 Å². The molecule has 0 aromatic rings. The van der Waals surface area contributed by atoms with Crippen molar-refractivity contribution in [3.8, 4) is 0 Å². The van der Waals surface area contributed by atoms with Crippen LogP contribution in [-0.4, -0.2) is 42.7 Å². The van der Waals surface area contributed by atoms with E-state index in [2.05, 4.69) is 16.7 Å². The number of ether oxygens (including phenoxy) is 2. The van der Waals surface area contributed by atoms with Crippen molar-refractivity contribution in [1.82, 2.24) is 4.90 Å². The number of likely N-dealkylation sites (tertiary alicyclic amines) is 1. The van der Waals surface area contributed by atoms with Crippen LogP contribution in [0.1, 0.15) is 46.5 Å². The summed E-state index contributed by atoms with van der Waals surface area (Å²) in [6.45, 7) is 9.59. The Morgan fingerprint density at radius 2 is 2.00 bits per heavy atom. The first-order chi connectivity index (χ1) is 11.9. The number of rotatable bonds is 4. The molecule has 0 radical (unpaired) electrons. The summed E-state index contributed by atoms with van der Waals surface area (Å²) in [5.41, 5.74) is 4.23. The van der Waals surface area contributed by atoms with Crippen LogP contribution >= 0.6 is 0 Å². The van der Waals surface area contributed by atoms with E-state index in [-0.39, 0.29) is 11.4 Å². The summed E-state index contributed by atoms with van der Waals surface area (Å²) in [6.07, 6.45) is 11.7. The van der Waals surface area contributed by atoms with Gasteiger partial charge in [0.1, 0.15) is 11.4 Å². The van der Waals surface area contributed by atoms with Crippen LogP contribution in [-0.2, 0) is 14.3 Å². The van der Waals surface area contributed by atoms with Gasteiger partial charge in [0.15, 0.2) is 0 Å². The lowest BCUT2D eigenvalue weighted by Gasteiger charge is -2.38. The lowest BCUT2D eigenvalue weighted by Crippen LogP contribution is -2.41. The van der Waals surface area contributed by atoms with Crippen LogP contribution in [0.3, 0.4) is 0 Å². The monoisotopic (exact) mass is 343 g/mol. The van der Waals surface area contributed by atoms with Gasteiger partial charge in [-0.15, -0.1) is 5.73 Å². The Morgan fingerprint density at radius 1 is 1.28 bits per heavy atom. The van der Waals surface area contributed by atoms with E-state index in [9.17, 15) is 4.79 Å². The maximum absolute atomic E-state index is 11.8. The summed E-state index contributed by atoms with van der Waals surface area (Å²) in [7, 11) is 0. The Labute approximate surface area is 150 Å². The molecule has 4 heteroatoms. The Bertz CT molecular complexity index is 637.